The van der Waals surface area contributed by atoms with Gasteiger partial charge in [0.1, 0.15) is 23.7 Å². The molecule has 180 valence electrons. The molecule has 0 aromatic heterocycles. The highest BCUT2D eigenvalue weighted by Gasteiger charge is 2.31. The van der Waals surface area contributed by atoms with E-state index in [0.29, 0.717) is 30.6 Å². The summed E-state index contributed by atoms with van der Waals surface area (Å²) in [4.78, 5) is 27.2. The van der Waals surface area contributed by atoms with Crippen LogP contribution in [0.3, 0.4) is 0 Å². The van der Waals surface area contributed by atoms with E-state index in [1.165, 1.54) is 7.11 Å². The standard InChI is InChI=1S/C26H29NO7/c1-15(2)11-19(28)18-7-8-20-22(24(18)31-4)25(29)32-14-17-12-16(3)13-21(23(17)33-20)34-26(30)27-9-5-6-10-27/h5-8,12-13,15,19,28H,9-11,14H2,1-4H3/t19-/m0/s1. The van der Waals surface area contributed by atoms with E-state index >= 15 is 0 Å². The Hall–Kier alpha value is -3.52. The molecule has 2 aliphatic rings. The molecule has 0 saturated carbocycles. The maximum atomic E-state index is 13.0. The molecule has 0 unspecified atom stereocenters. The van der Waals surface area contributed by atoms with Crippen LogP contribution in [0.2, 0.25) is 0 Å². The lowest BCUT2D eigenvalue weighted by atomic mass is 9.96. The molecule has 0 saturated heterocycles. The average molecular weight is 468 g/mol. The molecule has 34 heavy (non-hydrogen) atoms. The predicted molar refractivity (Wildman–Crippen MR) is 125 cm³/mol. The Balaban J connectivity index is 1.75. The number of carbonyl (C=O) groups is 2. The lowest BCUT2D eigenvalue weighted by molar-refractivity contribution is 0.0453. The van der Waals surface area contributed by atoms with Crippen LogP contribution >= 0.6 is 0 Å². The number of benzene rings is 2. The van der Waals surface area contributed by atoms with Crippen molar-refractivity contribution in [2.24, 2.45) is 5.92 Å². The van der Waals surface area contributed by atoms with E-state index in [0.717, 1.165) is 5.56 Å². The van der Waals surface area contributed by atoms with Crippen LogP contribution in [0.25, 0.3) is 0 Å². The molecule has 4 rings (SSSR count). The Labute approximate surface area is 198 Å². The molecule has 2 heterocycles. The summed E-state index contributed by atoms with van der Waals surface area (Å²) in [5, 5.41) is 10.7. The molecule has 2 aromatic carbocycles. The van der Waals surface area contributed by atoms with Gasteiger partial charge in [-0.3, -0.25) is 0 Å². The number of esters is 1. The molecule has 1 N–H and O–H groups in total. The van der Waals surface area contributed by atoms with Crippen LogP contribution in [0.15, 0.2) is 36.4 Å². The van der Waals surface area contributed by atoms with E-state index in [9.17, 15) is 14.7 Å². The summed E-state index contributed by atoms with van der Waals surface area (Å²) < 4.78 is 23.0. The molecule has 2 aromatic rings. The Morgan fingerprint density at radius 3 is 2.62 bits per heavy atom. The Bertz CT molecular complexity index is 1130. The first-order chi connectivity index (χ1) is 16.3. The second kappa shape index (κ2) is 9.77. The van der Waals surface area contributed by atoms with Crippen LogP contribution in [0, 0.1) is 12.8 Å². The number of aliphatic hydroxyl groups excluding tert-OH is 1. The number of nitrogens with zero attached hydrogens (tertiary/aromatic N) is 1. The molecule has 8 heteroatoms. The third kappa shape index (κ3) is 4.72. The van der Waals surface area contributed by atoms with Crippen LogP contribution in [-0.4, -0.2) is 42.3 Å². The second-order valence-corrected chi connectivity index (χ2v) is 8.88. The van der Waals surface area contributed by atoms with Crippen LogP contribution in [0.1, 0.15) is 53.4 Å². The van der Waals surface area contributed by atoms with Crippen LogP contribution < -0.4 is 14.2 Å². The molecule has 0 aliphatic carbocycles. The van der Waals surface area contributed by atoms with Gasteiger partial charge in [-0.1, -0.05) is 26.0 Å². The SMILES string of the molecule is COc1c([C@@H](O)CC(C)C)ccc2c1C(=O)OCc1cc(C)cc(OC(=O)N3CC=CC3)c1O2. The molecule has 1 atom stereocenters. The van der Waals surface area contributed by atoms with Crippen molar-refractivity contribution in [1.29, 1.82) is 0 Å². The summed E-state index contributed by atoms with van der Waals surface area (Å²) in [5.74, 6) is 0.527. The van der Waals surface area contributed by atoms with Crippen LogP contribution in [0.5, 0.6) is 23.0 Å². The van der Waals surface area contributed by atoms with E-state index < -0.39 is 18.2 Å². The van der Waals surface area contributed by atoms with Crippen LogP contribution in [-0.2, 0) is 11.3 Å². The van der Waals surface area contributed by atoms with Gasteiger partial charge in [-0.15, -0.1) is 0 Å². The van der Waals surface area contributed by atoms with Gasteiger partial charge in [0, 0.05) is 24.2 Å². The molecule has 0 spiro atoms. The van der Waals surface area contributed by atoms with Gasteiger partial charge in [-0.25, -0.2) is 9.59 Å². The van der Waals surface area contributed by atoms with E-state index in [1.54, 1.807) is 23.1 Å². The predicted octanol–water partition coefficient (Wildman–Crippen LogP) is 4.92. The molecule has 0 fully saturated rings. The van der Waals surface area contributed by atoms with Crippen molar-refractivity contribution in [2.75, 3.05) is 20.2 Å². The third-order valence-electron chi connectivity index (χ3n) is 5.73. The number of amides is 1. The average Bonchev–Trinajstić information content (AvgIpc) is 3.32. The number of aliphatic hydroxyl groups is 1. The number of aryl methyl sites for hydroxylation is 1. The number of hydrogen-bond acceptors (Lipinski definition) is 7. The maximum absolute atomic E-state index is 13.0. The molecule has 0 radical (unpaired) electrons. The molecular weight excluding hydrogens is 438 g/mol. The number of rotatable bonds is 5. The molecule has 2 aliphatic heterocycles. The minimum Gasteiger partial charge on any atom is -0.495 e. The Kier molecular flexibility index (Phi) is 6.79. The zero-order valence-corrected chi connectivity index (χ0v) is 19.8. The van der Waals surface area contributed by atoms with Crippen molar-refractivity contribution in [2.45, 2.75) is 39.9 Å². The van der Waals surface area contributed by atoms with E-state index in [1.807, 2.05) is 39.0 Å². The maximum Gasteiger partial charge on any atom is 0.415 e. The summed E-state index contributed by atoms with van der Waals surface area (Å²) in [6, 6.07) is 6.81. The topological polar surface area (TPSA) is 94.5 Å². The first-order valence-electron chi connectivity index (χ1n) is 11.3. The minimum absolute atomic E-state index is 0.0764. The fraction of sp³-hybridized carbons (Fsp3) is 0.385. The van der Waals surface area contributed by atoms with Gasteiger partial charge in [-0.2, -0.15) is 0 Å². The number of hydrogen-bond donors (Lipinski definition) is 1. The normalized spacial score (nSPS) is 15.6. The van der Waals surface area contributed by atoms with Gasteiger partial charge in [0.25, 0.3) is 0 Å². The summed E-state index contributed by atoms with van der Waals surface area (Å²) in [7, 11) is 1.43. The van der Waals surface area contributed by atoms with Crippen molar-refractivity contribution in [1.82, 2.24) is 4.90 Å². The monoisotopic (exact) mass is 467 g/mol. The number of methoxy groups -OCH3 is 1. The van der Waals surface area contributed by atoms with Crippen molar-refractivity contribution in [3.05, 3.63) is 58.7 Å². The quantitative estimate of drug-likeness (QED) is 0.493. The highest BCUT2D eigenvalue weighted by atomic mass is 16.6. The third-order valence-corrected chi connectivity index (χ3v) is 5.73. The molecule has 1 amide bonds. The zero-order valence-electron chi connectivity index (χ0n) is 19.8. The van der Waals surface area contributed by atoms with Crippen molar-refractivity contribution in [3.63, 3.8) is 0 Å². The summed E-state index contributed by atoms with van der Waals surface area (Å²) in [6.07, 6.45) is 2.97. The van der Waals surface area contributed by atoms with Crippen molar-refractivity contribution in [3.8, 4) is 23.0 Å². The number of carbonyl (C=O) groups excluding carboxylic acids is 2. The molecular formula is C26H29NO7. The van der Waals surface area contributed by atoms with Crippen molar-refractivity contribution >= 4 is 12.1 Å². The highest BCUT2D eigenvalue weighted by molar-refractivity contribution is 5.96. The first kappa shape index (κ1) is 23.6. The van der Waals surface area contributed by atoms with Gasteiger partial charge in [-0.05, 0) is 49.1 Å². The summed E-state index contributed by atoms with van der Waals surface area (Å²) in [6.45, 7) is 6.74. The molecule has 8 nitrogen and oxygen atoms in total. The lowest BCUT2D eigenvalue weighted by Crippen LogP contribution is -2.31. The van der Waals surface area contributed by atoms with E-state index in [2.05, 4.69) is 0 Å². The van der Waals surface area contributed by atoms with E-state index in [-0.39, 0.29) is 41.1 Å². The van der Waals surface area contributed by atoms with Gasteiger partial charge < -0.3 is 29.0 Å². The lowest BCUT2D eigenvalue weighted by Gasteiger charge is -2.24. The van der Waals surface area contributed by atoms with Gasteiger partial charge in [0.05, 0.1) is 13.2 Å². The smallest absolute Gasteiger partial charge is 0.415 e. The number of ether oxygens (including phenoxy) is 4. The zero-order chi connectivity index (χ0) is 24.4. The summed E-state index contributed by atoms with van der Waals surface area (Å²) in [5.41, 5.74) is 1.96. The minimum atomic E-state index is -0.820. The Morgan fingerprint density at radius 2 is 1.94 bits per heavy atom. The van der Waals surface area contributed by atoms with Gasteiger partial charge >= 0.3 is 12.1 Å². The second-order valence-electron chi connectivity index (χ2n) is 8.88. The largest absolute Gasteiger partial charge is 0.495 e. The van der Waals surface area contributed by atoms with Crippen LogP contribution in [0.4, 0.5) is 4.79 Å². The Morgan fingerprint density at radius 1 is 1.21 bits per heavy atom. The van der Waals surface area contributed by atoms with Gasteiger partial charge in [0.2, 0.25) is 0 Å². The fourth-order valence-electron chi connectivity index (χ4n) is 4.14. The highest BCUT2D eigenvalue weighted by Crippen LogP contribution is 2.44. The van der Waals surface area contributed by atoms with Gasteiger partial charge in [0.15, 0.2) is 11.5 Å². The number of cyclic esters (lactones) is 1. The molecule has 0 bridgehead atoms. The number of fused-ring (bicyclic) bond motifs is 2. The van der Waals surface area contributed by atoms with E-state index in [4.69, 9.17) is 18.9 Å². The fourth-order valence-corrected chi connectivity index (χ4v) is 4.14. The summed E-state index contributed by atoms with van der Waals surface area (Å²) >= 11 is 0. The first-order valence-corrected chi connectivity index (χ1v) is 11.3. The van der Waals surface area contributed by atoms with Crippen molar-refractivity contribution < 1.29 is 33.6 Å².